The maximum absolute atomic E-state index is 14.3. The fourth-order valence-corrected chi connectivity index (χ4v) is 3.54. The van der Waals surface area contributed by atoms with Crippen molar-refractivity contribution in [3.63, 3.8) is 0 Å². The van der Waals surface area contributed by atoms with Crippen molar-refractivity contribution in [1.29, 1.82) is 0 Å². The van der Waals surface area contributed by atoms with Crippen molar-refractivity contribution in [1.82, 2.24) is 19.6 Å². The average Bonchev–Trinajstić information content (AvgIpc) is 3.16. The third-order valence-electron chi connectivity index (χ3n) is 4.33. The molecule has 0 aliphatic carbocycles. The predicted octanol–water partition coefficient (Wildman–Crippen LogP) is 3.31. The molecule has 1 aliphatic rings. The summed E-state index contributed by atoms with van der Waals surface area (Å²) < 4.78 is 17.6. The van der Waals surface area contributed by atoms with Crippen LogP contribution in [0.2, 0.25) is 10.2 Å². The van der Waals surface area contributed by atoms with Gasteiger partial charge in [-0.25, -0.2) is 9.07 Å². The van der Waals surface area contributed by atoms with Crippen LogP contribution in [0.25, 0.3) is 0 Å². The molecule has 0 bridgehead atoms. The Hall–Kier alpha value is -2.38. The Labute approximate surface area is 158 Å². The first-order valence-corrected chi connectivity index (χ1v) is 8.70. The zero-order valence-electron chi connectivity index (χ0n) is 13.8. The molecule has 3 heterocycles. The average molecular weight is 394 g/mol. The number of halogens is 3. The highest BCUT2D eigenvalue weighted by molar-refractivity contribution is 6.31. The van der Waals surface area contributed by atoms with Crippen LogP contribution in [0.4, 0.5) is 10.1 Å². The molecule has 0 saturated heterocycles. The summed E-state index contributed by atoms with van der Waals surface area (Å²) in [7, 11) is 1.82. The molecule has 0 N–H and O–H groups in total. The number of benzene rings is 1. The first kappa shape index (κ1) is 17.1. The molecule has 1 aromatic carbocycles. The Morgan fingerprint density at radius 1 is 1.31 bits per heavy atom. The molecule has 9 heteroatoms. The van der Waals surface area contributed by atoms with Gasteiger partial charge in [0.05, 0.1) is 23.5 Å². The number of hydrogen-bond acceptors (Lipinski definition) is 3. The number of aryl methyl sites for hydroxylation is 1. The van der Waals surface area contributed by atoms with E-state index in [2.05, 4.69) is 10.2 Å². The number of hydrogen-bond donors (Lipinski definition) is 0. The van der Waals surface area contributed by atoms with E-state index < -0.39 is 5.82 Å². The zero-order valence-corrected chi connectivity index (χ0v) is 15.3. The summed E-state index contributed by atoms with van der Waals surface area (Å²) in [5, 5.41) is 8.87. The largest absolute Gasteiger partial charge is 0.304 e. The summed E-state index contributed by atoms with van der Waals surface area (Å²) in [6, 6.07) is 4.58. The van der Waals surface area contributed by atoms with Crippen LogP contribution >= 0.6 is 23.2 Å². The molecule has 1 aliphatic heterocycles. The van der Waals surface area contributed by atoms with Crippen molar-refractivity contribution < 1.29 is 9.18 Å². The van der Waals surface area contributed by atoms with E-state index in [4.69, 9.17) is 23.2 Å². The molecule has 0 saturated carbocycles. The molecule has 3 aromatic rings. The summed E-state index contributed by atoms with van der Waals surface area (Å²) in [4.78, 5) is 14.2. The van der Waals surface area contributed by atoms with Gasteiger partial charge >= 0.3 is 0 Å². The van der Waals surface area contributed by atoms with Gasteiger partial charge in [0.2, 0.25) is 0 Å². The highest BCUT2D eigenvalue weighted by Crippen LogP contribution is 2.32. The minimum Gasteiger partial charge on any atom is -0.304 e. The SMILES string of the molecule is Cn1cc(Cn2nc3c(c2Cl)CCN(c2cccc(Cl)c2F)C3=O)cn1. The second-order valence-corrected chi connectivity index (χ2v) is 6.84. The van der Waals surface area contributed by atoms with Crippen LogP contribution in [-0.2, 0) is 20.0 Å². The molecule has 26 heavy (non-hydrogen) atoms. The van der Waals surface area contributed by atoms with Crippen molar-refractivity contribution in [2.75, 3.05) is 11.4 Å². The maximum Gasteiger partial charge on any atom is 0.279 e. The van der Waals surface area contributed by atoms with Gasteiger partial charge < -0.3 is 4.90 Å². The van der Waals surface area contributed by atoms with Gasteiger partial charge in [0.1, 0.15) is 5.15 Å². The van der Waals surface area contributed by atoms with E-state index in [0.29, 0.717) is 30.2 Å². The standard InChI is InChI=1S/C17H14Cl2FN5O/c1-23-8-10(7-21-23)9-25-16(19)11-5-6-24(17(26)15(11)22-25)13-4-2-3-12(18)14(13)20/h2-4,7-8H,5-6,9H2,1H3. The number of rotatable bonds is 3. The van der Waals surface area contributed by atoms with Crippen LogP contribution in [0.1, 0.15) is 21.6 Å². The predicted molar refractivity (Wildman–Crippen MR) is 96.3 cm³/mol. The topological polar surface area (TPSA) is 56.0 Å². The normalized spacial score (nSPS) is 14.0. The highest BCUT2D eigenvalue weighted by Gasteiger charge is 2.33. The molecular formula is C17H14Cl2FN5O. The van der Waals surface area contributed by atoms with Crippen molar-refractivity contribution in [3.8, 4) is 0 Å². The lowest BCUT2D eigenvalue weighted by atomic mass is 10.1. The Morgan fingerprint density at radius 2 is 2.12 bits per heavy atom. The van der Waals surface area contributed by atoms with Gasteiger partial charge in [0.25, 0.3) is 5.91 Å². The van der Waals surface area contributed by atoms with Crippen molar-refractivity contribution >= 4 is 34.8 Å². The Kier molecular flexibility index (Phi) is 4.20. The number of carbonyl (C=O) groups is 1. The summed E-state index contributed by atoms with van der Waals surface area (Å²) in [5.41, 5.74) is 1.98. The lowest BCUT2D eigenvalue weighted by Crippen LogP contribution is -2.38. The van der Waals surface area contributed by atoms with Gasteiger partial charge in [-0.2, -0.15) is 10.2 Å². The zero-order chi connectivity index (χ0) is 18.4. The van der Waals surface area contributed by atoms with Gasteiger partial charge in [-0.3, -0.25) is 9.48 Å². The maximum atomic E-state index is 14.3. The second kappa shape index (κ2) is 6.41. The Bertz CT molecular complexity index is 1010. The number of amides is 1. The van der Waals surface area contributed by atoms with Crippen LogP contribution in [0.5, 0.6) is 0 Å². The van der Waals surface area contributed by atoms with Crippen LogP contribution in [0.3, 0.4) is 0 Å². The van der Waals surface area contributed by atoms with E-state index >= 15 is 0 Å². The van der Waals surface area contributed by atoms with E-state index in [1.165, 1.54) is 17.0 Å². The molecular weight excluding hydrogens is 380 g/mol. The van der Waals surface area contributed by atoms with Crippen molar-refractivity contribution in [2.24, 2.45) is 7.05 Å². The summed E-state index contributed by atoms with van der Waals surface area (Å²) >= 11 is 12.3. The summed E-state index contributed by atoms with van der Waals surface area (Å²) in [6.07, 6.45) is 4.05. The number of fused-ring (bicyclic) bond motifs is 1. The molecule has 4 rings (SSSR count). The third kappa shape index (κ3) is 2.77. The van der Waals surface area contributed by atoms with E-state index in [1.807, 2.05) is 13.2 Å². The molecule has 0 spiro atoms. The van der Waals surface area contributed by atoms with Crippen molar-refractivity contribution in [2.45, 2.75) is 13.0 Å². The Morgan fingerprint density at radius 3 is 2.85 bits per heavy atom. The first-order chi connectivity index (χ1) is 12.5. The molecule has 6 nitrogen and oxygen atoms in total. The van der Waals surface area contributed by atoms with Gasteiger partial charge in [-0.1, -0.05) is 29.3 Å². The number of carbonyl (C=O) groups excluding carboxylic acids is 1. The molecule has 0 unspecified atom stereocenters. The number of nitrogens with zero attached hydrogens (tertiary/aromatic N) is 5. The number of aromatic nitrogens is 4. The Balaban J connectivity index is 1.68. The van der Waals surface area contributed by atoms with Crippen LogP contribution in [-0.4, -0.2) is 32.0 Å². The minimum atomic E-state index is -0.619. The van der Waals surface area contributed by atoms with Gasteiger partial charge in [-0.05, 0) is 18.6 Å². The molecule has 134 valence electrons. The monoisotopic (exact) mass is 393 g/mol. The van der Waals surface area contributed by atoms with E-state index in [-0.39, 0.29) is 22.3 Å². The minimum absolute atomic E-state index is 0.0266. The molecule has 0 atom stereocenters. The van der Waals surface area contributed by atoms with Crippen LogP contribution in [0, 0.1) is 5.82 Å². The quantitative estimate of drug-likeness (QED) is 0.685. The van der Waals surface area contributed by atoms with E-state index in [0.717, 1.165) is 5.56 Å². The lowest BCUT2D eigenvalue weighted by Gasteiger charge is -2.26. The molecule has 1 amide bonds. The smallest absolute Gasteiger partial charge is 0.279 e. The van der Waals surface area contributed by atoms with Crippen molar-refractivity contribution in [3.05, 3.63) is 63.4 Å². The highest BCUT2D eigenvalue weighted by atomic mass is 35.5. The molecule has 0 fully saturated rings. The van der Waals surface area contributed by atoms with Crippen LogP contribution < -0.4 is 4.90 Å². The fraction of sp³-hybridized carbons (Fsp3) is 0.235. The van der Waals surface area contributed by atoms with Crippen LogP contribution in [0.15, 0.2) is 30.6 Å². The third-order valence-corrected chi connectivity index (χ3v) is 5.04. The van der Waals surface area contributed by atoms with E-state index in [1.54, 1.807) is 21.6 Å². The van der Waals surface area contributed by atoms with Gasteiger partial charge in [0, 0.05) is 30.9 Å². The second-order valence-electron chi connectivity index (χ2n) is 6.08. The first-order valence-electron chi connectivity index (χ1n) is 7.94. The van der Waals surface area contributed by atoms with Gasteiger partial charge in [-0.15, -0.1) is 0 Å². The lowest BCUT2D eigenvalue weighted by molar-refractivity contribution is 0.0974. The molecule has 0 radical (unpaired) electrons. The van der Waals surface area contributed by atoms with E-state index in [9.17, 15) is 9.18 Å². The fourth-order valence-electron chi connectivity index (χ4n) is 3.09. The summed E-state index contributed by atoms with van der Waals surface area (Å²) in [6.45, 7) is 0.708. The molecule has 2 aromatic heterocycles. The number of anilines is 1. The summed E-state index contributed by atoms with van der Waals surface area (Å²) in [5.74, 6) is -1.01. The van der Waals surface area contributed by atoms with Gasteiger partial charge in [0.15, 0.2) is 11.5 Å².